The van der Waals surface area contributed by atoms with E-state index in [9.17, 15) is 18.0 Å². The molecule has 0 spiro atoms. The predicted molar refractivity (Wildman–Crippen MR) is 109 cm³/mol. The maximum absolute atomic E-state index is 12.9. The van der Waals surface area contributed by atoms with Gasteiger partial charge in [-0.05, 0) is 48.6 Å². The number of carbonyl (C=O) groups excluding carboxylic acids is 2. The summed E-state index contributed by atoms with van der Waals surface area (Å²) in [5.74, 6) is -0.665. The minimum Gasteiger partial charge on any atom is -0.349 e. The van der Waals surface area contributed by atoms with Crippen LogP contribution >= 0.6 is 0 Å². The van der Waals surface area contributed by atoms with Crippen molar-refractivity contribution in [1.82, 2.24) is 5.32 Å². The molecule has 1 aliphatic carbocycles. The van der Waals surface area contributed by atoms with E-state index in [0.717, 1.165) is 25.5 Å². The minimum atomic E-state index is -3.56. The second-order valence-corrected chi connectivity index (χ2v) is 8.75. The molecule has 0 fully saturated rings. The SMILES string of the molecule is CC(=O)Nc1ccc(NS(C)(=O)=O)c(C(=O)NC2CCc3ccccc3C2)c1. The van der Waals surface area contributed by atoms with Crippen molar-refractivity contribution >= 4 is 33.2 Å². The van der Waals surface area contributed by atoms with Crippen LogP contribution in [0.15, 0.2) is 42.5 Å². The summed E-state index contributed by atoms with van der Waals surface area (Å²) in [5, 5.41) is 5.61. The van der Waals surface area contributed by atoms with E-state index in [1.165, 1.54) is 30.2 Å². The van der Waals surface area contributed by atoms with E-state index in [-0.39, 0.29) is 29.1 Å². The zero-order valence-electron chi connectivity index (χ0n) is 15.8. The van der Waals surface area contributed by atoms with Crippen molar-refractivity contribution in [3.8, 4) is 0 Å². The van der Waals surface area contributed by atoms with E-state index < -0.39 is 10.0 Å². The van der Waals surface area contributed by atoms with E-state index in [2.05, 4.69) is 27.5 Å². The van der Waals surface area contributed by atoms with Crippen molar-refractivity contribution in [2.45, 2.75) is 32.2 Å². The molecule has 0 saturated carbocycles. The number of sulfonamides is 1. The van der Waals surface area contributed by atoms with Crippen LogP contribution in [0, 0.1) is 0 Å². The van der Waals surface area contributed by atoms with E-state index in [0.29, 0.717) is 5.69 Å². The molecule has 0 aromatic heterocycles. The summed E-state index contributed by atoms with van der Waals surface area (Å²) in [6, 6.07) is 12.6. The van der Waals surface area contributed by atoms with Gasteiger partial charge in [0.2, 0.25) is 15.9 Å². The largest absolute Gasteiger partial charge is 0.349 e. The standard InChI is InChI=1S/C20H23N3O4S/c1-13(24)21-17-9-10-19(23-28(2,26)27)18(12-17)20(25)22-16-8-7-14-5-3-4-6-15(14)11-16/h3-6,9-10,12,16,23H,7-8,11H2,1-2H3,(H,21,24)(H,22,25). The van der Waals surface area contributed by atoms with Gasteiger partial charge >= 0.3 is 0 Å². The monoisotopic (exact) mass is 401 g/mol. The van der Waals surface area contributed by atoms with Crippen molar-refractivity contribution in [2.75, 3.05) is 16.3 Å². The minimum absolute atomic E-state index is 0.0436. The Morgan fingerprint density at radius 2 is 1.79 bits per heavy atom. The number of hydrogen-bond donors (Lipinski definition) is 3. The fourth-order valence-electron chi connectivity index (χ4n) is 3.39. The Morgan fingerprint density at radius 3 is 2.46 bits per heavy atom. The molecule has 1 atom stereocenters. The lowest BCUT2D eigenvalue weighted by atomic mass is 9.88. The Hall–Kier alpha value is -2.87. The molecule has 2 aromatic carbocycles. The van der Waals surface area contributed by atoms with Crippen molar-refractivity contribution in [2.24, 2.45) is 0 Å². The molecule has 1 unspecified atom stereocenters. The highest BCUT2D eigenvalue weighted by Crippen LogP contribution is 2.24. The second kappa shape index (κ2) is 8.02. The van der Waals surface area contributed by atoms with E-state index in [4.69, 9.17) is 0 Å². The molecule has 1 aliphatic rings. The quantitative estimate of drug-likeness (QED) is 0.715. The van der Waals surface area contributed by atoms with Crippen LogP contribution < -0.4 is 15.4 Å². The normalized spacial score (nSPS) is 16.0. The highest BCUT2D eigenvalue weighted by Gasteiger charge is 2.22. The molecule has 7 nitrogen and oxygen atoms in total. The summed E-state index contributed by atoms with van der Waals surface area (Å²) in [4.78, 5) is 24.2. The first-order valence-electron chi connectivity index (χ1n) is 8.98. The van der Waals surface area contributed by atoms with Gasteiger partial charge in [-0.25, -0.2) is 8.42 Å². The average Bonchev–Trinajstić information content (AvgIpc) is 2.61. The molecule has 2 amide bonds. The van der Waals surface area contributed by atoms with Gasteiger partial charge in [0.15, 0.2) is 0 Å². The first kappa shape index (κ1) is 19.9. The first-order chi connectivity index (χ1) is 13.2. The molecule has 0 aliphatic heterocycles. The summed E-state index contributed by atoms with van der Waals surface area (Å²) in [6.07, 6.45) is 3.43. The van der Waals surface area contributed by atoms with Crippen LogP contribution in [-0.4, -0.2) is 32.5 Å². The molecular formula is C20H23N3O4S. The summed E-state index contributed by atoms with van der Waals surface area (Å²) < 4.78 is 25.7. The van der Waals surface area contributed by atoms with Gasteiger partial charge < -0.3 is 10.6 Å². The zero-order valence-corrected chi connectivity index (χ0v) is 16.6. The summed E-state index contributed by atoms with van der Waals surface area (Å²) in [5.41, 5.74) is 3.26. The molecular weight excluding hydrogens is 378 g/mol. The average molecular weight is 401 g/mol. The summed E-state index contributed by atoms with van der Waals surface area (Å²) >= 11 is 0. The van der Waals surface area contributed by atoms with Gasteiger partial charge in [0, 0.05) is 18.7 Å². The number of nitrogens with one attached hydrogen (secondary N) is 3. The molecule has 0 saturated heterocycles. The van der Waals surface area contributed by atoms with Gasteiger partial charge in [-0.15, -0.1) is 0 Å². The van der Waals surface area contributed by atoms with Crippen LogP contribution in [0.4, 0.5) is 11.4 Å². The van der Waals surface area contributed by atoms with Crippen molar-refractivity contribution < 1.29 is 18.0 Å². The third-order valence-corrected chi connectivity index (χ3v) is 5.15. The lowest BCUT2D eigenvalue weighted by Gasteiger charge is -2.26. The van der Waals surface area contributed by atoms with Crippen LogP contribution in [0.25, 0.3) is 0 Å². The van der Waals surface area contributed by atoms with Gasteiger partial charge in [-0.3, -0.25) is 14.3 Å². The van der Waals surface area contributed by atoms with Gasteiger partial charge in [0.1, 0.15) is 0 Å². The molecule has 0 bridgehead atoms. The van der Waals surface area contributed by atoms with Crippen LogP contribution in [0.5, 0.6) is 0 Å². The maximum Gasteiger partial charge on any atom is 0.253 e. The Morgan fingerprint density at radius 1 is 1.07 bits per heavy atom. The third kappa shape index (κ3) is 5.10. The van der Waals surface area contributed by atoms with Crippen LogP contribution in [-0.2, 0) is 27.7 Å². The van der Waals surface area contributed by atoms with Crippen molar-refractivity contribution in [3.05, 3.63) is 59.2 Å². The lowest BCUT2D eigenvalue weighted by Crippen LogP contribution is -2.39. The topological polar surface area (TPSA) is 104 Å². The third-order valence-electron chi connectivity index (χ3n) is 4.56. The Balaban J connectivity index is 1.83. The number of anilines is 2. The van der Waals surface area contributed by atoms with Crippen LogP contribution in [0.3, 0.4) is 0 Å². The number of aryl methyl sites for hydroxylation is 1. The van der Waals surface area contributed by atoms with E-state index in [1.54, 1.807) is 6.07 Å². The molecule has 0 heterocycles. The van der Waals surface area contributed by atoms with Gasteiger partial charge in [0.05, 0.1) is 17.5 Å². The number of carbonyl (C=O) groups is 2. The Kier molecular flexibility index (Phi) is 5.69. The zero-order chi connectivity index (χ0) is 20.3. The molecule has 2 aromatic rings. The molecule has 28 heavy (non-hydrogen) atoms. The highest BCUT2D eigenvalue weighted by molar-refractivity contribution is 7.92. The number of fused-ring (bicyclic) bond motifs is 1. The first-order valence-corrected chi connectivity index (χ1v) is 10.9. The number of hydrogen-bond acceptors (Lipinski definition) is 4. The number of benzene rings is 2. The second-order valence-electron chi connectivity index (χ2n) is 7.00. The molecule has 3 N–H and O–H groups in total. The maximum atomic E-state index is 12.9. The highest BCUT2D eigenvalue weighted by atomic mass is 32.2. The molecule has 148 valence electrons. The Labute approximate surface area is 164 Å². The van der Waals surface area contributed by atoms with Gasteiger partial charge in [-0.2, -0.15) is 0 Å². The van der Waals surface area contributed by atoms with E-state index >= 15 is 0 Å². The smallest absolute Gasteiger partial charge is 0.253 e. The van der Waals surface area contributed by atoms with Gasteiger partial charge in [-0.1, -0.05) is 24.3 Å². The summed E-state index contributed by atoms with van der Waals surface area (Å²) in [6.45, 7) is 1.36. The molecule has 0 radical (unpaired) electrons. The number of amides is 2. The van der Waals surface area contributed by atoms with Crippen molar-refractivity contribution in [3.63, 3.8) is 0 Å². The predicted octanol–water partition coefficient (Wildman–Crippen LogP) is 2.30. The number of rotatable bonds is 5. The molecule has 8 heteroatoms. The van der Waals surface area contributed by atoms with Gasteiger partial charge in [0.25, 0.3) is 5.91 Å². The molecule has 3 rings (SSSR count). The Bertz CT molecular complexity index is 1020. The van der Waals surface area contributed by atoms with Crippen LogP contribution in [0.2, 0.25) is 0 Å². The lowest BCUT2D eigenvalue weighted by molar-refractivity contribution is -0.114. The van der Waals surface area contributed by atoms with Crippen LogP contribution in [0.1, 0.15) is 34.8 Å². The summed E-state index contributed by atoms with van der Waals surface area (Å²) in [7, 11) is -3.56. The fourth-order valence-corrected chi connectivity index (χ4v) is 3.96. The van der Waals surface area contributed by atoms with Crippen molar-refractivity contribution in [1.29, 1.82) is 0 Å². The fraction of sp³-hybridized carbons (Fsp3) is 0.300. The van der Waals surface area contributed by atoms with E-state index in [1.807, 2.05) is 12.1 Å².